The number of benzene rings is 3. The number of methoxy groups -OCH3 is 1. The van der Waals surface area contributed by atoms with Crippen LogP contribution in [0.25, 0.3) is 22.1 Å². The van der Waals surface area contributed by atoms with Gasteiger partial charge < -0.3 is 19.9 Å². The molecule has 0 bridgehead atoms. The van der Waals surface area contributed by atoms with Gasteiger partial charge in [0, 0.05) is 11.4 Å². The van der Waals surface area contributed by atoms with E-state index in [1.807, 2.05) is 74.5 Å². The molecule has 4 rings (SSSR count). The summed E-state index contributed by atoms with van der Waals surface area (Å²) in [5.74, 6) is 0.649. The van der Waals surface area contributed by atoms with E-state index < -0.39 is 0 Å². The Morgan fingerprint density at radius 3 is 2.14 bits per heavy atom. The molecular weight excluding hydrogens is 366 g/mol. The fourth-order valence-electron chi connectivity index (χ4n) is 3.24. The van der Waals surface area contributed by atoms with Crippen molar-refractivity contribution in [3.8, 4) is 16.9 Å². The van der Waals surface area contributed by atoms with Crippen LogP contribution in [0.4, 0.5) is 16.2 Å². The Kier molecular flexibility index (Phi) is 4.91. The molecule has 0 aliphatic carbocycles. The van der Waals surface area contributed by atoms with Crippen molar-refractivity contribution in [2.24, 2.45) is 0 Å². The summed E-state index contributed by atoms with van der Waals surface area (Å²) in [6.45, 7) is 3.91. The van der Waals surface area contributed by atoms with Crippen LogP contribution >= 0.6 is 0 Å². The van der Waals surface area contributed by atoms with Gasteiger partial charge in [0.2, 0.25) is 5.58 Å². The second kappa shape index (κ2) is 7.67. The number of amides is 2. The summed E-state index contributed by atoms with van der Waals surface area (Å²) < 4.78 is 10.8. The summed E-state index contributed by atoms with van der Waals surface area (Å²) in [7, 11) is 1.61. The number of hydrogen-bond donors (Lipinski definition) is 2. The molecule has 1 heterocycles. The van der Waals surface area contributed by atoms with Crippen molar-refractivity contribution in [3.05, 3.63) is 71.9 Å². The van der Waals surface area contributed by atoms with Gasteiger partial charge in [0.25, 0.3) is 0 Å². The lowest BCUT2D eigenvalue weighted by molar-refractivity contribution is 0.262. The molecule has 6 nitrogen and oxygen atoms in total. The molecule has 4 aromatic rings. The van der Waals surface area contributed by atoms with Gasteiger partial charge in [-0.1, -0.05) is 35.0 Å². The Morgan fingerprint density at radius 1 is 0.897 bits per heavy atom. The highest BCUT2D eigenvalue weighted by Gasteiger charge is 2.15. The maximum absolute atomic E-state index is 12.2. The number of hydrogen-bond acceptors (Lipinski definition) is 4. The van der Waals surface area contributed by atoms with E-state index in [1.165, 1.54) is 0 Å². The van der Waals surface area contributed by atoms with Gasteiger partial charge in [-0.3, -0.25) is 0 Å². The maximum atomic E-state index is 12.2. The Balaban J connectivity index is 1.54. The Morgan fingerprint density at radius 2 is 1.52 bits per heavy atom. The van der Waals surface area contributed by atoms with Crippen LogP contribution in [0.15, 0.2) is 65.2 Å². The number of carbonyl (C=O) groups is 1. The quantitative estimate of drug-likeness (QED) is 0.466. The molecule has 0 aliphatic heterocycles. The summed E-state index contributed by atoms with van der Waals surface area (Å²) in [5, 5.41) is 10.7. The number of nitrogens with one attached hydrogen (secondary N) is 2. The Labute approximate surface area is 168 Å². The van der Waals surface area contributed by atoms with Gasteiger partial charge in [0.1, 0.15) is 0 Å². The first kappa shape index (κ1) is 18.6. The molecule has 29 heavy (non-hydrogen) atoms. The van der Waals surface area contributed by atoms with Gasteiger partial charge in [-0.15, -0.1) is 0 Å². The lowest BCUT2D eigenvalue weighted by atomic mass is 10.00. The normalized spacial score (nSPS) is 10.7. The smallest absolute Gasteiger partial charge is 0.323 e. The van der Waals surface area contributed by atoms with Gasteiger partial charge in [-0.05, 0) is 61.4 Å². The predicted octanol–water partition coefficient (Wildman–Crippen LogP) is 5.76. The van der Waals surface area contributed by atoms with Gasteiger partial charge in [0.05, 0.1) is 18.2 Å². The third-order valence-corrected chi connectivity index (χ3v) is 4.74. The molecule has 0 atom stereocenters. The van der Waals surface area contributed by atoms with E-state index in [2.05, 4.69) is 15.8 Å². The highest BCUT2D eigenvalue weighted by Crippen LogP contribution is 2.36. The second-order valence-electron chi connectivity index (χ2n) is 6.81. The average molecular weight is 387 g/mol. The van der Waals surface area contributed by atoms with E-state index in [1.54, 1.807) is 7.11 Å². The molecule has 6 heteroatoms. The van der Waals surface area contributed by atoms with Crippen molar-refractivity contribution in [1.29, 1.82) is 0 Å². The molecule has 0 unspecified atom stereocenters. The standard InChI is InChI=1S/C23H21N3O3/c1-14-4-8-17(9-5-14)24-23(27)25-18-10-6-16(7-11-18)19-12-13-20(28-3)22-21(19)15(2)26-29-22/h4-13H,1-3H3,(H2,24,25,27). The van der Waals surface area contributed by atoms with E-state index >= 15 is 0 Å². The number of carbonyl (C=O) groups excluding carboxylic acids is 1. The maximum Gasteiger partial charge on any atom is 0.323 e. The van der Waals surface area contributed by atoms with Gasteiger partial charge in [-0.2, -0.15) is 0 Å². The van der Waals surface area contributed by atoms with Crippen molar-refractivity contribution in [2.75, 3.05) is 17.7 Å². The molecule has 1 aromatic heterocycles. The number of aromatic nitrogens is 1. The molecule has 0 spiro atoms. The average Bonchev–Trinajstić information content (AvgIpc) is 3.12. The third-order valence-electron chi connectivity index (χ3n) is 4.74. The zero-order chi connectivity index (χ0) is 20.4. The number of ether oxygens (including phenoxy) is 1. The van der Waals surface area contributed by atoms with Crippen molar-refractivity contribution in [1.82, 2.24) is 5.16 Å². The highest BCUT2D eigenvalue weighted by molar-refractivity contribution is 6.01. The van der Waals surface area contributed by atoms with E-state index in [0.717, 1.165) is 33.5 Å². The second-order valence-corrected chi connectivity index (χ2v) is 6.81. The molecule has 3 aromatic carbocycles. The topological polar surface area (TPSA) is 76.4 Å². The van der Waals surface area contributed by atoms with Crippen LogP contribution in [-0.2, 0) is 0 Å². The van der Waals surface area contributed by atoms with Gasteiger partial charge in [-0.25, -0.2) is 4.79 Å². The Hall–Kier alpha value is -3.80. The first-order valence-corrected chi connectivity index (χ1v) is 9.23. The first-order valence-electron chi connectivity index (χ1n) is 9.23. The zero-order valence-corrected chi connectivity index (χ0v) is 16.4. The van der Waals surface area contributed by atoms with Crippen molar-refractivity contribution in [2.45, 2.75) is 13.8 Å². The van der Waals surface area contributed by atoms with E-state index in [4.69, 9.17) is 9.26 Å². The summed E-state index contributed by atoms with van der Waals surface area (Å²) >= 11 is 0. The van der Waals surface area contributed by atoms with Crippen LogP contribution in [0.3, 0.4) is 0 Å². The van der Waals surface area contributed by atoms with Crippen LogP contribution in [0.5, 0.6) is 5.75 Å². The molecule has 2 N–H and O–H groups in total. The van der Waals surface area contributed by atoms with E-state index in [0.29, 0.717) is 17.0 Å². The summed E-state index contributed by atoms with van der Waals surface area (Å²) in [6, 6.07) is 18.8. The summed E-state index contributed by atoms with van der Waals surface area (Å²) in [5.41, 5.74) is 6.00. The van der Waals surface area contributed by atoms with Gasteiger partial charge >= 0.3 is 6.03 Å². The molecule has 0 saturated heterocycles. The summed E-state index contributed by atoms with van der Waals surface area (Å²) in [6.07, 6.45) is 0. The summed E-state index contributed by atoms with van der Waals surface area (Å²) in [4.78, 5) is 12.2. The molecule has 146 valence electrons. The van der Waals surface area contributed by atoms with Crippen LogP contribution < -0.4 is 15.4 Å². The van der Waals surface area contributed by atoms with Crippen LogP contribution in [-0.4, -0.2) is 18.3 Å². The minimum atomic E-state index is -0.289. The van der Waals surface area contributed by atoms with Crippen LogP contribution in [0.1, 0.15) is 11.3 Å². The number of aryl methyl sites for hydroxylation is 2. The fraction of sp³-hybridized carbons (Fsp3) is 0.130. The number of rotatable bonds is 4. The van der Waals surface area contributed by atoms with Crippen LogP contribution in [0.2, 0.25) is 0 Å². The largest absolute Gasteiger partial charge is 0.493 e. The minimum Gasteiger partial charge on any atom is -0.493 e. The predicted molar refractivity (Wildman–Crippen MR) is 115 cm³/mol. The fourth-order valence-corrected chi connectivity index (χ4v) is 3.24. The molecule has 2 amide bonds. The van der Waals surface area contributed by atoms with Crippen molar-refractivity contribution < 1.29 is 14.1 Å². The SMILES string of the molecule is COc1ccc(-c2ccc(NC(=O)Nc3ccc(C)cc3)cc2)c2c(C)noc12. The van der Waals surface area contributed by atoms with Gasteiger partial charge in [0.15, 0.2) is 5.75 Å². The zero-order valence-electron chi connectivity index (χ0n) is 16.4. The molecule has 0 radical (unpaired) electrons. The molecule has 0 saturated carbocycles. The molecule has 0 aliphatic rings. The lowest BCUT2D eigenvalue weighted by Crippen LogP contribution is -2.19. The number of anilines is 2. The van der Waals surface area contributed by atoms with E-state index in [-0.39, 0.29) is 6.03 Å². The number of urea groups is 1. The monoisotopic (exact) mass is 387 g/mol. The highest BCUT2D eigenvalue weighted by atomic mass is 16.5. The number of nitrogens with zero attached hydrogens (tertiary/aromatic N) is 1. The Bertz CT molecular complexity index is 1160. The minimum absolute atomic E-state index is 0.289. The number of fused-ring (bicyclic) bond motifs is 1. The van der Waals surface area contributed by atoms with Crippen molar-refractivity contribution >= 4 is 28.4 Å². The first-order chi connectivity index (χ1) is 14.0. The lowest BCUT2D eigenvalue weighted by Gasteiger charge is -2.10. The van der Waals surface area contributed by atoms with E-state index in [9.17, 15) is 4.79 Å². The van der Waals surface area contributed by atoms with Crippen LogP contribution in [0, 0.1) is 13.8 Å². The molecular formula is C23H21N3O3. The van der Waals surface area contributed by atoms with Crippen molar-refractivity contribution in [3.63, 3.8) is 0 Å². The molecule has 0 fully saturated rings. The third kappa shape index (κ3) is 3.78.